The number of esters is 1. The first-order chi connectivity index (χ1) is 8.86. The number of hydrogen-bond donors (Lipinski definition) is 0. The third kappa shape index (κ3) is 3.96. The molecule has 0 radical (unpaired) electrons. The van der Waals surface area contributed by atoms with Gasteiger partial charge in [-0.15, -0.1) is 0 Å². The minimum absolute atomic E-state index is 0.0604. The molecule has 0 fully saturated rings. The van der Waals surface area contributed by atoms with Crippen molar-refractivity contribution in [1.29, 1.82) is 0 Å². The average molecular weight is 284 g/mol. The third-order valence-corrected chi connectivity index (χ3v) is 3.07. The van der Waals surface area contributed by atoms with Crippen LogP contribution in [0.1, 0.15) is 29.8 Å². The molecule has 0 saturated carbocycles. The monoisotopic (exact) mass is 283 g/mol. The Kier molecular flexibility index (Phi) is 5.36. The Labute approximate surface area is 118 Å². The highest BCUT2D eigenvalue weighted by Crippen LogP contribution is 2.18. The molecule has 0 aliphatic heterocycles. The number of halogens is 1. The van der Waals surface area contributed by atoms with Crippen molar-refractivity contribution < 1.29 is 14.3 Å². The minimum atomic E-state index is -0.436. The van der Waals surface area contributed by atoms with Gasteiger partial charge in [-0.2, -0.15) is 0 Å². The highest BCUT2D eigenvalue weighted by Gasteiger charge is 2.23. The number of rotatable bonds is 4. The second-order valence-electron chi connectivity index (χ2n) is 4.56. The van der Waals surface area contributed by atoms with Crippen LogP contribution in [-0.4, -0.2) is 36.5 Å². The maximum atomic E-state index is 12.4. The topological polar surface area (TPSA) is 46.6 Å². The Bertz CT molecular complexity index is 486. The summed E-state index contributed by atoms with van der Waals surface area (Å²) in [5.41, 5.74) is 1.33. The quantitative estimate of drug-likeness (QED) is 0.798. The van der Waals surface area contributed by atoms with E-state index in [1.54, 1.807) is 18.2 Å². The van der Waals surface area contributed by atoms with E-state index in [-0.39, 0.29) is 18.5 Å². The van der Waals surface area contributed by atoms with Crippen molar-refractivity contribution in [2.75, 3.05) is 13.7 Å². The van der Waals surface area contributed by atoms with Crippen LogP contribution in [0.15, 0.2) is 18.2 Å². The molecule has 1 rings (SSSR count). The Morgan fingerprint density at radius 3 is 2.47 bits per heavy atom. The molecule has 0 spiro atoms. The normalized spacial score (nSPS) is 10.4. The van der Waals surface area contributed by atoms with Crippen molar-refractivity contribution in [3.05, 3.63) is 34.3 Å². The molecule has 104 valence electrons. The largest absolute Gasteiger partial charge is 0.468 e. The third-order valence-electron chi connectivity index (χ3n) is 2.83. The van der Waals surface area contributed by atoms with Gasteiger partial charge in [0.2, 0.25) is 0 Å². The van der Waals surface area contributed by atoms with Crippen molar-refractivity contribution in [3.8, 4) is 0 Å². The summed E-state index contributed by atoms with van der Waals surface area (Å²) in [5, 5.41) is 0.582. The summed E-state index contributed by atoms with van der Waals surface area (Å²) in [5.74, 6) is -0.636. The van der Waals surface area contributed by atoms with Crippen molar-refractivity contribution in [2.45, 2.75) is 26.8 Å². The molecule has 0 atom stereocenters. The zero-order chi connectivity index (χ0) is 14.6. The summed E-state index contributed by atoms with van der Waals surface area (Å²) < 4.78 is 4.61. The maximum Gasteiger partial charge on any atom is 0.325 e. The number of aryl methyl sites for hydroxylation is 1. The van der Waals surface area contributed by atoms with Gasteiger partial charge in [-0.25, -0.2) is 0 Å². The summed E-state index contributed by atoms with van der Waals surface area (Å²) in [6.45, 7) is 5.46. The number of ether oxygens (including phenoxy) is 1. The molecule has 4 nitrogen and oxygen atoms in total. The number of carbonyl (C=O) groups is 2. The fourth-order valence-electron chi connectivity index (χ4n) is 1.71. The molecular weight excluding hydrogens is 266 g/mol. The summed E-state index contributed by atoms with van der Waals surface area (Å²) in [6, 6.07) is 4.97. The first kappa shape index (κ1) is 15.5. The minimum Gasteiger partial charge on any atom is -0.468 e. The van der Waals surface area contributed by atoms with Crippen LogP contribution in [0.3, 0.4) is 0 Å². The average Bonchev–Trinajstić information content (AvgIpc) is 2.34. The van der Waals surface area contributed by atoms with E-state index in [4.69, 9.17) is 11.6 Å². The van der Waals surface area contributed by atoms with Gasteiger partial charge in [0.1, 0.15) is 6.54 Å². The maximum absolute atomic E-state index is 12.4. The van der Waals surface area contributed by atoms with E-state index in [1.807, 2.05) is 20.8 Å². The fourth-order valence-corrected chi connectivity index (χ4v) is 1.94. The van der Waals surface area contributed by atoms with Gasteiger partial charge in [0.25, 0.3) is 5.91 Å². The van der Waals surface area contributed by atoms with Crippen LogP contribution in [0.2, 0.25) is 5.02 Å². The van der Waals surface area contributed by atoms with Gasteiger partial charge in [-0.1, -0.05) is 11.6 Å². The Balaban J connectivity index is 3.02. The van der Waals surface area contributed by atoms with Gasteiger partial charge in [0.15, 0.2) is 0 Å². The van der Waals surface area contributed by atoms with Crippen LogP contribution in [-0.2, 0) is 9.53 Å². The Morgan fingerprint density at radius 2 is 2.00 bits per heavy atom. The molecule has 0 unspecified atom stereocenters. The molecule has 5 heteroatoms. The van der Waals surface area contributed by atoms with Gasteiger partial charge in [0, 0.05) is 16.6 Å². The van der Waals surface area contributed by atoms with Crippen LogP contribution in [0.25, 0.3) is 0 Å². The van der Waals surface area contributed by atoms with Gasteiger partial charge in [-0.05, 0) is 44.5 Å². The zero-order valence-electron chi connectivity index (χ0n) is 11.6. The Morgan fingerprint density at radius 1 is 1.37 bits per heavy atom. The summed E-state index contributed by atoms with van der Waals surface area (Å²) in [4.78, 5) is 25.3. The lowest BCUT2D eigenvalue weighted by Crippen LogP contribution is -2.41. The Hall–Kier alpha value is -1.55. The molecule has 0 aromatic heterocycles. The van der Waals surface area contributed by atoms with Crippen LogP contribution in [0.5, 0.6) is 0 Å². The zero-order valence-corrected chi connectivity index (χ0v) is 12.3. The number of amides is 1. The van der Waals surface area contributed by atoms with Crippen molar-refractivity contribution in [3.63, 3.8) is 0 Å². The van der Waals surface area contributed by atoms with Gasteiger partial charge < -0.3 is 9.64 Å². The lowest BCUT2D eigenvalue weighted by molar-refractivity contribution is -0.141. The van der Waals surface area contributed by atoms with Crippen molar-refractivity contribution in [1.82, 2.24) is 4.90 Å². The standard InChI is InChI=1S/C14H18ClNO3/c1-9(2)16(8-13(17)19-4)14(18)12-6-5-11(15)7-10(12)3/h5-7,9H,8H2,1-4H3. The van der Waals surface area contributed by atoms with Crippen LogP contribution < -0.4 is 0 Å². The van der Waals surface area contributed by atoms with Crippen molar-refractivity contribution >= 4 is 23.5 Å². The van der Waals surface area contributed by atoms with E-state index < -0.39 is 5.97 Å². The lowest BCUT2D eigenvalue weighted by atomic mass is 10.1. The fraction of sp³-hybridized carbons (Fsp3) is 0.429. The summed E-state index contributed by atoms with van der Waals surface area (Å²) in [6.07, 6.45) is 0. The molecule has 0 aliphatic rings. The molecule has 19 heavy (non-hydrogen) atoms. The molecule has 0 aliphatic carbocycles. The highest BCUT2D eigenvalue weighted by atomic mass is 35.5. The van der Waals surface area contributed by atoms with E-state index in [1.165, 1.54) is 12.0 Å². The highest BCUT2D eigenvalue weighted by molar-refractivity contribution is 6.30. The SMILES string of the molecule is COC(=O)CN(C(=O)c1ccc(Cl)cc1C)C(C)C. The molecule has 0 saturated heterocycles. The number of hydrogen-bond acceptors (Lipinski definition) is 3. The number of nitrogens with zero attached hydrogens (tertiary/aromatic N) is 1. The molecule has 1 aromatic rings. The molecule has 1 amide bonds. The predicted octanol–water partition coefficient (Wildman–Crippen LogP) is 2.67. The van der Waals surface area contributed by atoms with Crippen LogP contribution >= 0.6 is 11.6 Å². The van der Waals surface area contributed by atoms with Crippen LogP contribution in [0, 0.1) is 6.92 Å². The molecule has 0 heterocycles. The van der Waals surface area contributed by atoms with Gasteiger partial charge in [-0.3, -0.25) is 9.59 Å². The molecule has 0 N–H and O–H groups in total. The molecule has 0 bridgehead atoms. The predicted molar refractivity (Wildman–Crippen MR) is 74.4 cm³/mol. The molecular formula is C14H18ClNO3. The van der Waals surface area contributed by atoms with E-state index in [0.29, 0.717) is 10.6 Å². The second-order valence-corrected chi connectivity index (χ2v) is 5.00. The number of benzene rings is 1. The first-order valence-electron chi connectivity index (χ1n) is 6.00. The second kappa shape index (κ2) is 6.57. The van der Waals surface area contributed by atoms with E-state index in [9.17, 15) is 9.59 Å². The lowest BCUT2D eigenvalue weighted by Gasteiger charge is -2.26. The van der Waals surface area contributed by atoms with Crippen LogP contribution in [0.4, 0.5) is 0 Å². The van der Waals surface area contributed by atoms with E-state index >= 15 is 0 Å². The first-order valence-corrected chi connectivity index (χ1v) is 6.38. The van der Waals surface area contributed by atoms with E-state index in [0.717, 1.165) is 5.56 Å². The van der Waals surface area contributed by atoms with Gasteiger partial charge in [0.05, 0.1) is 7.11 Å². The number of methoxy groups -OCH3 is 1. The summed E-state index contributed by atoms with van der Waals surface area (Å²) >= 11 is 5.87. The summed E-state index contributed by atoms with van der Waals surface area (Å²) in [7, 11) is 1.30. The van der Waals surface area contributed by atoms with Gasteiger partial charge >= 0.3 is 5.97 Å². The smallest absolute Gasteiger partial charge is 0.325 e. The van der Waals surface area contributed by atoms with Crippen molar-refractivity contribution in [2.24, 2.45) is 0 Å². The molecule has 1 aromatic carbocycles. The van der Waals surface area contributed by atoms with E-state index in [2.05, 4.69) is 4.74 Å². The number of carbonyl (C=O) groups excluding carboxylic acids is 2.